The lowest BCUT2D eigenvalue weighted by atomic mass is 9.81. The van der Waals surface area contributed by atoms with Crippen molar-refractivity contribution >= 4 is 16.5 Å². The Bertz CT molecular complexity index is 2960. The standard InChI is InChI=1S/C53H36N4/c1-53(2)45-19-12-20-47(54-3)49(45)44-32-30-41(33-46(44)53)34-21-23-36(24-22-34)43-31-29-35-13-10-11-18-42(35)48(43)37-25-27-40(28-26-37)52-56-50(38-14-6-4-7-15-38)55-51(57-52)39-16-8-5-9-17-39/h4-33H,1-2H3. The molecule has 0 spiro atoms. The van der Waals surface area contributed by atoms with Crippen LogP contribution in [0.4, 0.5) is 5.69 Å². The molecule has 10 rings (SSSR count). The summed E-state index contributed by atoms with van der Waals surface area (Å²) in [7, 11) is 0. The minimum absolute atomic E-state index is 0.186. The molecule has 1 aromatic heterocycles. The van der Waals surface area contributed by atoms with Crippen molar-refractivity contribution in [1.82, 2.24) is 15.0 Å². The van der Waals surface area contributed by atoms with Gasteiger partial charge in [0.15, 0.2) is 23.2 Å². The Balaban J connectivity index is 1.03. The van der Waals surface area contributed by atoms with Gasteiger partial charge in [-0.2, -0.15) is 0 Å². The lowest BCUT2D eigenvalue weighted by molar-refractivity contribution is 0.661. The molecule has 0 aliphatic heterocycles. The molecule has 4 nitrogen and oxygen atoms in total. The van der Waals surface area contributed by atoms with Gasteiger partial charge in [-0.1, -0.05) is 190 Å². The van der Waals surface area contributed by atoms with Crippen LogP contribution in [0.15, 0.2) is 182 Å². The Morgan fingerprint density at radius 1 is 0.404 bits per heavy atom. The van der Waals surface area contributed by atoms with Crippen LogP contribution in [0.5, 0.6) is 0 Å². The molecule has 0 amide bonds. The van der Waals surface area contributed by atoms with Gasteiger partial charge in [-0.15, -0.1) is 0 Å². The number of nitrogens with zero attached hydrogens (tertiary/aromatic N) is 4. The van der Waals surface area contributed by atoms with Crippen molar-refractivity contribution < 1.29 is 0 Å². The number of benzene rings is 8. The summed E-state index contributed by atoms with van der Waals surface area (Å²) < 4.78 is 0. The molecule has 1 aliphatic rings. The van der Waals surface area contributed by atoms with Crippen LogP contribution in [0.25, 0.3) is 94.3 Å². The molecule has 0 radical (unpaired) electrons. The molecule has 0 saturated heterocycles. The van der Waals surface area contributed by atoms with Crippen LogP contribution in [-0.4, -0.2) is 15.0 Å². The van der Waals surface area contributed by atoms with E-state index in [4.69, 9.17) is 21.5 Å². The Labute approximate surface area is 332 Å². The van der Waals surface area contributed by atoms with Gasteiger partial charge in [0.05, 0.1) is 6.57 Å². The van der Waals surface area contributed by atoms with E-state index in [2.05, 4.69) is 128 Å². The summed E-state index contributed by atoms with van der Waals surface area (Å²) in [6.07, 6.45) is 0. The molecule has 4 heteroatoms. The van der Waals surface area contributed by atoms with Crippen molar-refractivity contribution in [2.45, 2.75) is 19.3 Å². The molecule has 0 bridgehead atoms. The molecule has 0 atom stereocenters. The Hall–Kier alpha value is -7.48. The highest BCUT2D eigenvalue weighted by atomic mass is 15.0. The summed E-state index contributed by atoms with van der Waals surface area (Å²) in [6.45, 7) is 12.3. The first-order chi connectivity index (χ1) is 28.0. The van der Waals surface area contributed by atoms with Gasteiger partial charge in [0.2, 0.25) is 0 Å². The predicted octanol–water partition coefficient (Wildman–Crippen LogP) is 13.9. The first-order valence-corrected chi connectivity index (χ1v) is 19.2. The molecular formula is C53H36N4. The average molecular weight is 729 g/mol. The molecule has 0 fully saturated rings. The summed E-state index contributed by atoms with van der Waals surface area (Å²) in [5.41, 5.74) is 15.0. The van der Waals surface area contributed by atoms with Crippen molar-refractivity contribution in [3.8, 4) is 78.7 Å². The second-order valence-electron chi connectivity index (χ2n) is 15.1. The van der Waals surface area contributed by atoms with Gasteiger partial charge < -0.3 is 0 Å². The Morgan fingerprint density at radius 2 is 0.930 bits per heavy atom. The van der Waals surface area contributed by atoms with E-state index in [0.29, 0.717) is 17.5 Å². The van der Waals surface area contributed by atoms with E-state index in [1.54, 1.807) is 0 Å². The third kappa shape index (κ3) is 5.89. The van der Waals surface area contributed by atoms with Crippen molar-refractivity contribution in [3.05, 3.63) is 205 Å². The van der Waals surface area contributed by atoms with Gasteiger partial charge >= 0.3 is 0 Å². The van der Waals surface area contributed by atoms with Gasteiger partial charge in [-0.25, -0.2) is 19.8 Å². The van der Waals surface area contributed by atoms with Crippen LogP contribution < -0.4 is 0 Å². The summed E-state index contributed by atoms with van der Waals surface area (Å²) in [6, 6.07) is 63.6. The lowest BCUT2D eigenvalue weighted by Crippen LogP contribution is -2.14. The largest absolute Gasteiger partial charge is 0.238 e. The molecule has 0 unspecified atom stereocenters. The van der Waals surface area contributed by atoms with Gasteiger partial charge in [0.1, 0.15) is 0 Å². The van der Waals surface area contributed by atoms with Gasteiger partial charge in [0.25, 0.3) is 0 Å². The van der Waals surface area contributed by atoms with Crippen molar-refractivity contribution in [2.75, 3.05) is 0 Å². The molecular weight excluding hydrogens is 693 g/mol. The van der Waals surface area contributed by atoms with Gasteiger partial charge in [0, 0.05) is 22.1 Å². The van der Waals surface area contributed by atoms with Gasteiger partial charge in [-0.3, -0.25) is 0 Å². The number of rotatable bonds is 6. The molecule has 9 aromatic rings. The fourth-order valence-corrected chi connectivity index (χ4v) is 8.43. The number of hydrogen-bond acceptors (Lipinski definition) is 3. The van der Waals surface area contributed by atoms with Crippen molar-refractivity contribution in [1.29, 1.82) is 0 Å². The van der Waals surface area contributed by atoms with Crippen LogP contribution in [-0.2, 0) is 5.41 Å². The molecule has 0 saturated carbocycles. The molecule has 268 valence electrons. The summed E-state index contributed by atoms with van der Waals surface area (Å²) in [4.78, 5) is 18.7. The maximum atomic E-state index is 7.80. The topological polar surface area (TPSA) is 43.0 Å². The Morgan fingerprint density at radius 3 is 1.58 bits per heavy atom. The van der Waals surface area contributed by atoms with Crippen LogP contribution in [0, 0.1) is 6.57 Å². The predicted molar refractivity (Wildman–Crippen MR) is 234 cm³/mol. The zero-order valence-corrected chi connectivity index (χ0v) is 31.6. The highest BCUT2D eigenvalue weighted by Crippen LogP contribution is 2.53. The minimum Gasteiger partial charge on any atom is -0.238 e. The maximum absolute atomic E-state index is 7.80. The van der Waals surface area contributed by atoms with E-state index in [9.17, 15) is 0 Å². The number of hydrogen-bond donors (Lipinski definition) is 0. The maximum Gasteiger partial charge on any atom is 0.195 e. The molecule has 8 aromatic carbocycles. The fourth-order valence-electron chi connectivity index (χ4n) is 8.43. The molecule has 57 heavy (non-hydrogen) atoms. The second kappa shape index (κ2) is 13.7. The van der Waals surface area contributed by atoms with Crippen LogP contribution in [0.2, 0.25) is 0 Å². The summed E-state index contributed by atoms with van der Waals surface area (Å²) in [5.74, 6) is 1.92. The second-order valence-corrected chi connectivity index (χ2v) is 15.1. The van der Waals surface area contributed by atoms with E-state index in [0.717, 1.165) is 50.2 Å². The monoisotopic (exact) mass is 728 g/mol. The first kappa shape index (κ1) is 34.0. The van der Waals surface area contributed by atoms with E-state index in [-0.39, 0.29) is 5.41 Å². The van der Waals surface area contributed by atoms with Crippen LogP contribution >= 0.6 is 0 Å². The van der Waals surface area contributed by atoms with Crippen molar-refractivity contribution in [2.24, 2.45) is 0 Å². The van der Waals surface area contributed by atoms with E-state index < -0.39 is 0 Å². The van der Waals surface area contributed by atoms with E-state index in [1.165, 1.54) is 38.6 Å². The normalized spacial score (nSPS) is 12.5. The molecule has 1 heterocycles. The third-order valence-corrected chi connectivity index (χ3v) is 11.4. The van der Waals surface area contributed by atoms with E-state index >= 15 is 0 Å². The van der Waals surface area contributed by atoms with Crippen LogP contribution in [0.1, 0.15) is 25.0 Å². The quantitative estimate of drug-likeness (QED) is 0.160. The highest BCUT2D eigenvalue weighted by Gasteiger charge is 2.36. The smallest absolute Gasteiger partial charge is 0.195 e. The summed E-state index contributed by atoms with van der Waals surface area (Å²) >= 11 is 0. The number of fused-ring (bicyclic) bond motifs is 4. The summed E-state index contributed by atoms with van der Waals surface area (Å²) in [5, 5.41) is 2.39. The zero-order valence-electron chi connectivity index (χ0n) is 31.6. The SMILES string of the molecule is [C-]#[N+]c1cccc2c1-c1ccc(-c3ccc(-c4ccc5ccccc5c4-c4ccc(-c5nc(-c6ccccc6)nc(-c6ccccc6)n5)cc4)cc3)cc1C2(C)C. The lowest BCUT2D eigenvalue weighted by Gasteiger charge is -2.22. The Kier molecular flexibility index (Phi) is 8.17. The zero-order chi connectivity index (χ0) is 38.5. The first-order valence-electron chi connectivity index (χ1n) is 19.2. The highest BCUT2D eigenvalue weighted by molar-refractivity contribution is 6.04. The minimum atomic E-state index is -0.186. The van der Waals surface area contributed by atoms with Gasteiger partial charge in [-0.05, 0) is 72.5 Å². The third-order valence-electron chi connectivity index (χ3n) is 11.4. The average Bonchev–Trinajstić information content (AvgIpc) is 3.52. The van der Waals surface area contributed by atoms with Crippen LogP contribution in [0.3, 0.4) is 0 Å². The van der Waals surface area contributed by atoms with E-state index in [1.807, 2.05) is 72.8 Å². The van der Waals surface area contributed by atoms with Crippen molar-refractivity contribution in [3.63, 3.8) is 0 Å². The fraction of sp³-hybridized carbons (Fsp3) is 0.0566. The molecule has 0 N–H and O–H groups in total. The molecule has 1 aliphatic carbocycles. The number of aromatic nitrogens is 3.